The summed E-state index contributed by atoms with van der Waals surface area (Å²) in [5.74, 6) is 1.28. The van der Waals surface area contributed by atoms with Gasteiger partial charge in [-0.1, -0.05) is 24.3 Å². The summed E-state index contributed by atoms with van der Waals surface area (Å²) < 4.78 is 6.04. The van der Waals surface area contributed by atoms with E-state index in [0.29, 0.717) is 13.0 Å². The molecule has 2 aliphatic heterocycles. The number of hydrogen-bond donors (Lipinski definition) is 0. The fraction of sp³-hybridized carbons (Fsp3) is 0.500. The van der Waals surface area contributed by atoms with Crippen molar-refractivity contribution in [2.75, 3.05) is 39.8 Å². The van der Waals surface area contributed by atoms with Gasteiger partial charge in [-0.2, -0.15) is 0 Å². The van der Waals surface area contributed by atoms with Gasteiger partial charge in [0.1, 0.15) is 11.3 Å². The number of fused-ring (bicyclic) bond motifs is 1. The Morgan fingerprint density at radius 1 is 1.22 bits per heavy atom. The maximum absolute atomic E-state index is 12.4. The number of furan rings is 1. The molecule has 4 rings (SSSR count). The number of likely N-dealkylation sites (N-methyl/N-ethyl adjacent to an activating group) is 1. The Bertz CT molecular complexity index is 797. The number of likely N-dealkylation sites (tertiary alicyclic amines) is 1. The molecule has 2 fully saturated rings. The van der Waals surface area contributed by atoms with Gasteiger partial charge >= 0.3 is 0 Å². The Morgan fingerprint density at radius 3 is 2.89 bits per heavy atom. The second-order valence-electron chi connectivity index (χ2n) is 7.99. The normalized spacial score (nSPS) is 25.2. The fourth-order valence-electron chi connectivity index (χ4n) is 4.59. The molecule has 1 unspecified atom stereocenters. The molecule has 5 heteroatoms. The van der Waals surface area contributed by atoms with E-state index in [1.165, 1.54) is 0 Å². The van der Waals surface area contributed by atoms with Gasteiger partial charge in [-0.15, -0.1) is 6.58 Å². The first-order valence-corrected chi connectivity index (χ1v) is 9.89. The van der Waals surface area contributed by atoms with Gasteiger partial charge in [0.05, 0.1) is 6.54 Å². The molecule has 2 aromatic rings. The van der Waals surface area contributed by atoms with Crippen LogP contribution in [0.15, 0.2) is 47.4 Å². The summed E-state index contributed by atoms with van der Waals surface area (Å²) in [5.41, 5.74) is 1.02. The van der Waals surface area contributed by atoms with Crippen LogP contribution in [0.1, 0.15) is 25.0 Å². The highest BCUT2D eigenvalue weighted by Gasteiger charge is 2.42. The van der Waals surface area contributed by atoms with Gasteiger partial charge < -0.3 is 9.32 Å². The number of carbonyl (C=O) groups is 1. The molecule has 1 amide bonds. The molecule has 0 aliphatic carbocycles. The van der Waals surface area contributed by atoms with Crippen LogP contribution in [0.3, 0.4) is 0 Å². The van der Waals surface area contributed by atoms with Gasteiger partial charge in [0.15, 0.2) is 0 Å². The molecule has 0 radical (unpaired) electrons. The van der Waals surface area contributed by atoms with Gasteiger partial charge in [-0.3, -0.25) is 14.6 Å². The predicted octanol–water partition coefficient (Wildman–Crippen LogP) is 3.12. The second kappa shape index (κ2) is 7.49. The summed E-state index contributed by atoms with van der Waals surface area (Å²) in [6, 6.07) is 10.3. The smallest absolute Gasteiger partial charge is 0.222 e. The van der Waals surface area contributed by atoms with Gasteiger partial charge in [-0.25, -0.2) is 0 Å². The highest BCUT2D eigenvalue weighted by molar-refractivity contribution is 5.77. The van der Waals surface area contributed by atoms with E-state index in [0.717, 1.165) is 62.3 Å². The molecule has 1 atom stereocenters. The van der Waals surface area contributed by atoms with E-state index in [1.807, 2.05) is 29.2 Å². The molecule has 0 bridgehead atoms. The number of amides is 1. The highest BCUT2D eigenvalue weighted by Crippen LogP contribution is 2.33. The van der Waals surface area contributed by atoms with Crippen LogP contribution in [-0.4, -0.2) is 65.9 Å². The summed E-state index contributed by atoms with van der Waals surface area (Å²) in [6.07, 6.45) is 4.39. The van der Waals surface area contributed by atoms with Crippen molar-refractivity contribution in [2.24, 2.45) is 0 Å². The lowest BCUT2D eigenvalue weighted by atomic mass is 9.86. The van der Waals surface area contributed by atoms with Crippen molar-refractivity contribution in [1.29, 1.82) is 0 Å². The average Bonchev–Trinajstić information content (AvgIpc) is 3.01. The summed E-state index contributed by atoms with van der Waals surface area (Å²) in [5, 5.41) is 1.16. The van der Waals surface area contributed by atoms with E-state index in [1.54, 1.807) is 0 Å². The highest BCUT2D eigenvalue weighted by atomic mass is 16.3. The molecule has 2 saturated heterocycles. The van der Waals surface area contributed by atoms with Crippen LogP contribution in [-0.2, 0) is 11.3 Å². The summed E-state index contributed by atoms with van der Waals surface area (Å²) in [6.45, 7) is 9.12. The Balaban J connectivity index is 1.48. The Hall–Kier alpha value is -2.11. The zero-order valence-corrected chi connectivity index (χ0v) is 16.2. The van der Waals surface area contributed by atoms with Crippen molar-refractivity contribution in [3.05, 3.63) is 48.7 Å². The summed E-state index contributed by atoms with van der Waals surface area (Å²) in [4.78, 5) is 19.4. The number of para-hydroxylation sites is 1. The van der Waals surface area contributed by atoms with Gasteiger partial charge in [-0.05, 0) is 32.0 Å². The third-order valence-electron chi connectivity index (χ3n) is 6.29. The van der Waals surface area contributed by atoms with E-state index in [-0.39, 0.29) is 11.4 Å². The molecular formula is C22H29N3O2. The summed E-state index contributed by atoms with van der Waals surface area (Å²) >= 11 is 0. The number of benzene rings is 1. The average molecular weight is 367 g/mol. The molecule has 1 spiro atoms. The van der Waals surface area contributed by atoms with Crippen molar-refractivity contribution in [1.82, 2.24) is 14.7 Å². The topological polar surface area (TPSA) is 39.9 Å². The Labute approximate surface area is 161 Å². The van der Waals surface area contributed by atoms with Crippen molar-refractivity contribution >= 4 is 16.9 Å². The molecule has 0 saturated carbocycles. The van der Waals surface area contributed by atoms with Gasteiger partial charge in [0.2, 0.25) is 5.91 Å². The van der Waals surface area contributed by atoms with Crippen molar-refractivity contribution < 1.29 is 9.21 Å². The van der Waals surface area contributed by atoms with Crippen LogP contribution < -0.4 is 0 Å². The van der Waals surface area contributed by atoms with Gasteiger partial charge in [0, 0.05) is 50.1 Å². The van der Waals surface area contributed by atoms with Crippen LogP contribution >= 0.6 is 0 Å². The van der Waals surface area contributed by atoms with Crippen molar-refractivity contribution in [3.8, 4) is 0 Å². The number of hydrogen-bond acceptors (Lipinski definition) is 4. The minimum atomic E-state index is 0.0653. The first-order valence-electron chi connectivity index (χ1n) is 9.89. The second-order valence-corrected chi connectivity index (χ2v) is 7.99. The van der Waals surface area contributed by atoms with Crippen LogP contribution in [0.25, 0.3) is 11.0 Å². The molecule has 144 valence electrons. The molecule has 0 N–H and O–H groups in total. The number of piperazine rings is 1. The fourth-order valence-corrected chi connectivity index (χ4v) is 4.59. The third-order valence-corrected chi connectivity index (χ3v) is 6.29. The molecule has 1 aromatic heterocycles. The van der Waals surface area contributed by atoms with Crippen molar-refractivity contribution in [3.63, 3.8) is 0 Å². The maximum Gasteiger partial charge on any atom is 0.222 e. The first kappa shape index (κ1) is 18.3. The molecule has 5 nitrogen and oxygen atoms in total. The van der Waals surface area contributed by atoms with Crippen LogP contribution in [0, 0.1) is 0 Å². The van der Waals surface area contributed by atoms with Gasteiger partial charge in [0.25, 0.3) is 0 Å². The Kier molecular flexibility index (Phi) is 5.06. The lowest BCUT2D eigenvalue weighted by molar-refractivity contribution is -0.130. The number of carbonyl (C=O) groups excluding carboxylic acids is 1. The lowest BCUT2D eigenvalue weighted by Crippen LogP contribution is -2.60. The van der Waals surface area contributed by atoms with E-state index in [9.17, 15) is 4.79 Å². The molecular weight excluding hydrogens is 338 g/mol. The largest absolute Gasteiger partial charge is 0.460 e. The predicted molar refractivity (Wildman–Crippen MR) is 107 cm³/mol. The quantitative estimate of drug-likeness (QED) is 0.779. The number of rotatable bonds is 4. The summed E-state index contributed by atoms with van der Waals surface area (Å²) in [7, 11) is 2.21. The van der Waals surface area contributed by atoms with E-state index >= 15 is 0 Å². The SMILES string of the molecule is C=CCN1CCC2(CCC1=O)CN(Cc1cc3ccccc3o1)CCN2C. The minimum absolute atomic E-state index is 0.0653. The van der Waals surface area contributed by atoms with Crippen LogP contribution in [0.4, 0.5) is 0 Å². The van der Waals surface area contributed by atoms with Crippen LogP contribution in [0.5, 0.6) is 0 Å². The number of nitrogens with zero attached hydrogens (tertiary/aromatic N) is 3. The monoisotopic (exact) mass is 367 g/mol. The minimum Gasteiger partial charge on any atom is -0.460 e. The van der Waals surface area contributed by atoms with Crippen LogP contribution in [0.2, 0.25) is 0 Å². The lowest BCUT2D eigenvalue weighted by Gasteiger charge is -2.49. The zero-order chi connectivity index (χ0) is 18.9. The van der Waals surface area contributed by atoms with E-state index in [4.69, 9.17) is 4.42 Å². The third kappa shape index (κ3) is 3.66. The molecule has 2 aliphatic rings. The maximum atomic E-state index is 12.4. The molecule has 27 heavy (non-hydrogen) atoms. The first-order chi connectivity index (χ1) is 13.1. The Morgan fingerprint density at radius 2 is 2.07 bits per heavy atom. The standard InChI is InChI=1S/C22H29N3O2/c1-3-11-25-12-10-22(9-8-21(25)26)17-24(14-13-23(22)2)16-19-15-18-6-4-5-7-20(18)27-19/h3-7,15H,1,8-14,16-17H2,2H3. The van der Waals surface area contributed by atoms with E-state index < -0.39 is 0 Å². The molecule has 3 heterocycles. The van der Waals surface area contributed by atoms with E-state index in [2.05, 4.69) is 35.6 Å². The zero-order valence-electron chi connectivity index (χ0n) is 16.2. The van der Waals surface area contributed by atoms with Crippen molar-refractivity contribution in [2.45, 2.75) is 31.3 Å². The molecule has 1 aromatic carbocycles.